The fraction of sp³-hybridized carbons (Fsp3) is 0.625. The van der Waals surface area contributed by atoms with Crippen LogP contribution in [0, 0.1) is 23.5 Å². The van der Waals surface area contributed by atoms with Crippen molar-refractivity contribution in [2.75, 3.05) is 0 Å². The van der Waals surface area contributed by atoms with Crippen molar-refractivity contribution in [2.24, 2.45) is 11.8 Å². The molecule has 1 unspecified atom stereocenters. The summed E-state index contributed by atoms with van der Waals surface area (Å²) >= 11 is 0. The van der Waals surface area contributed by atoms with Gasteiger partial charge in [-0.2, -0.15) is 8.78 Å². The monoisotopic (exact) mass is 518 g/mol. The van der Waals surface area contributed by atoms with E-state index in [4.69, 9.17) is 4.74 Å². The van der Waals surface area contributed by atoms with Gasteiger partial charge in [0.1, 0.15) is 0 Å². The summed E-state index contributed by atoms with van der Waals surface area (Å²) in [6.45, 7) is 5.89. The Bertz CT molecular complexity index is 1000. The third-order valence-corrected chi connectivity index (χ3v) is 9.04. The highest BCUT2D eigenvalue weighted by Crippen LogP contribution is 2.42. The topological polar surface area (TPSA) is 9.23 Å². The summed E-state index contributed by atoms with van der Waals surface area (Å²) in [6, 6.07) is 9.98. The van der Waals surface area contributed by atoms with Crippen LogP contribution in [0.2, 0.25) is 0 Å². The van der Waals surface area contributed by atoms with Crippen molar-refractivity contribution >= 4 is 0 Å². The highest BCUT2D eigenvalue weighted by Gasteiger charge is 2.40. The lowest BCUT2D eigenvalue weighted by Crippen LogP contribution is -2.23. The first-order valence-electron chi connectivity index (χ1n) is 14.4. The Morgan fingerprint density at radius 3 is 1.97 bits per heavy atom. The van der Waals surface area contributed by atoms with E-state index in [1.54, 1.807) is 0 Å². The summed E-state index contributed by atoms with van der Waals surface area (Å²) < 4.78 is 65.0. The number of alkyl halides is 2. The molecule has 2 aromatic rings. The molecule has 0 N–H and O–H groups in total. The number of benzene rings is 2. The van der Waals surface area contributed by atoms with Gasteiger partial charge in [-0.05, 0) is 105 Å². The summed E-state index contributed by atoms with van der Waals surface area (Å²) in [7, 11) is 0. The quantitative estimate of drug-likeness (QED) is 0.300. The molecule has 1 nitrogen and oxygen atoms in total. The summed E-state index contributed by atoms with van der Waals surface area (Å²) in [4.78, 5) is 0. The van der Waals surface area contributed by atoms with Crippen LogP contribution in [-0.2, 0) is 10.8 Å². The molecule has 2 aliphatic carbocycles. The molecule has 0 heterocycles. The average Bonchev–Trinajstić information content (AvgIpc) is 2.90. The number of ether oxygens (including phenoxy) is 1. The maximum Gasteiger partial charge on any atom is 0.386 e. The second-order valence-electron chi connectivity index (χ2n) is 11.4. The van der Waals surface area contributed by atoms with E-state index < -0.39 is 29.4 Å². The zero-order valence-electron chi connectivity index (χ0n) is 22.5. The molecule has 37 heavy (non-hydrogen) atoms. The van der Waals surface area contributed by atoms with Gasteiger partial charge in [0, 0.05) is 0 Å². The number of halogens is 4. The molecule has 0 spiro atoms. The van der Waals surface area contributed by atoms with Gasteiger partial charge in [-0.25, -0.2) is 8.78 Å². The molecule has 0 amide bonds. The van der Waals surface area contributed by atoms with E-state index in [0.29, 0.717) is 17.4 Å². The van der Waals surface area contributed by atoms with E-state index in [2.05, 4.69) is 13.8 Å². The molecule has 2 fully saturated rings. The Morgan fingerprint density at radius 1 is 0.784 bits per heavy atom. The van der Waals surface area contributed by atoms with Gasteiger partial charge in [0.05, 0.1) is 11.7 Å². The molecule has 0 aliphatic heterocycles. The van der Waals surface area contributed by atoms with E-state index in [-0.39, 0.29) is 11.5 Å². The molecule has 1 atom stereocenters. The van der Waals surface area contributed by atoms with Crippen LogP contribution in [0.5, 0.6) is 0 Å². The maximum absolute atomic E-state index is 15.0. The van der Waals surface area contributed by atoms with Crippen LogP contribution in [-0.4, -0.2) is 0 Å². The van der Waals surface area contributed by atoms with Crippen molar-refractivity contribution in [3.63, 3.8) is 0 Å². The van der Waals surface area contributed by atoms with Crippen LogP contribution >= 0.6 is 0 Å². The average molecular weight is 519 g/mol. The minimum Gasteiger partial charge on any atom is -0.309 e. The van der Waals surface area contributed by atoms with Gasteiger partial charge in [0.25, 0.3) is 0 Å². The minimum atomic E-state index is -3.95. The van der Waals surface area contributed by atoms with Crippen LogP contribution in [0.15, 0.2) is 36.4 Å². The van der Waals surface area contributed by atoms with Gasteiger partial charge in [-0.3, -0.25) is 0 Å². The summed E-state index contributed by atoms with van der Waals surface area (Å²) in [6.07, 6.45) is 6.92. The Morgan fingerprint density at radius 2 is 1.38 bits per heavy atom. The summed E-state index contributed by atoms with van der Waals surface area (Å²) in [5, 5.41) is 0. The van der Waals surface area contributed by atoms with E-state index in [0.717, 1.165) is 56.9 Å². The number of hydrogen-bond acceptors (Lipinski definition) is 1. The molecular weight excluding hydrogens is 476 g/mol. The fourth-order valence-electron chi connectivity index (χ4n) is 6.57. The third kappa shape index (κ3) is 6.58. The lowest BCUT2D eigenvalue weighted by molar-refractivity contribution is -0.273. The van der Waals surface area contributed by atoms with Crippen molar-refractivity contribution < 1.29 is 22.3 Å². The van der Waals surface area contributed by atoms with E-state index in [9.17, 15) is 8.78 Å². The van der Waals surface area contributed by atoms with Crippen molar-refractivity contribution in [3.05, 3.63) is 70.3 Å². The number of rotatable bonds is 9. The standard InChI is InChI=1S/C32H42F4O/c1-4-6-23-9-11-25(12-10-23)26-17-15-24(16-18-26)21(3)37-32(35,36)29-20-19-28(30(33)31(29)34)27-13-7-22(5-2)8-14-27/h15-23,25,27H,4-14H2,1-3H3. The second kappa shape index (κ2) is 12.3. The lowest BCUT2D eigenvalue weighted by atomic mass is 9.77. The Balaban J connectivity index is 1.40. The Kier molecular flexibility index (Phi) is 9.37. The predicted molar refractivity (Wildman–Crippen MR) is 141 cm³/mol. The Hall–Kier alpha value is -1.88. The molecule has 204 valence electrons. The molecule has 0 aromatic heterocycles. The second-order valence-corrected chi connectivity index (χ2v) is 11.4. The largest absolute Gasteiger partial charge is 0.386 e. The normalized spacial score (nSPS) is 25.7. The van der Waals surface area contributed by atoms with Gasteiger partial charge in [0.2, 0.25) is 0 Å². The third-order valence-electron chi connectivity index (χ3n) is 9.04. The lowest BCUT2D eigenvalue weighted by Gasteiger charge is -2.29. The first-order chi connectivity index (χ1) is 17.7. The number of hydrogen-bond donors (Lipinski definition) is 0. The first-order valence-corrected chi connectivity index (χ1v) is 14.4. The smallest absolute Gasteiger partial charge is 0.309 e. The van der Waals surface area contributed by atoms with Crippen LogP contribution in [0.3, 0.4) is 0 Å². The maximum atomic E-state index is 15.0. The van der Waals surface area contributed by atoms with Gasteiger partial charge < -0.3 is 4.74 Å². The van der Waals surface area contributed by atoms with Crippen LogP contribution in [0.4, 0.5) is 17.6 Å². The predicted octanol–water partition coefficient (Wildman–Crippen LogP) is 10.5. The fourth-order valence-corrected chi connectivity index (χ4v) is 6.57. The van der Waals surface area contributed by atoms with Crippen LogP contribution in [0.1, 0.15) is 132 Å². The van der Waals surface area contributed by atoms with E-state index in [1.165, 1.54) is 44.2 Å². The molecule has 2 aromatic carbocycles. The zero-order valence-corrected chi connectivity index (χ0v) is 22.5. The van der Waals surface area contributed by atoms with Crippen molar-refractivity contribution in [1.82, 2.24) is 0 Å². The van der Waals surface area contributed by atoms with Crippen molar-refractivity contribution in [1.29, 1.82) is 0 Å². The van der Waals surface area contributed by atoms with Gasteiger partial charge >= 0.3 is 6.11 Å². The molecular formula is C32H42F4O. The summed E-state index contributed by atoms with van der Waals surface area (Å²) in [5.41, 5.74) is 0.991. The highest BCUT2D eigenvalue weighted by atomic mass is 19.3. The molecule has 0 radical (unpaired) electrons. The van der Waals surface area contributed by atoms with Crippen molar-refractivity contribution in [3.8, 4) is 0 Å². The SMILES string of the molecule is CCCC1CCC(c2ccc(C(C)OC(F)(F)c3ccc(C4CCC(CC)CC4)c(F)c3F)cc2)CC1. The molecule has 4 rings (SSSR count). The van der Waals surface area contributed by atoms with Gasteiger partial charge in [-0.15, -0.1) is 0 Å². The summed E-state index contributed by atoms with van der Waals surface area (Å²) in [5.74, 6) is -0.843. The van der Waals surface area contributed by atoms with Crippen molar-refractivity contribution in [2.45, 2.75) is 115 Å². The molecule has 0 bridgehead atoms. The molecule has 0 saturated heterocycles. The van der Waals surface area contributed by atoms with E-state index in [1.807, 2.05) is 24.3 Å². The molecule has 5 heteroatoms. The molecule has 2 saturated carbocycles. The van der Waals surface area contributed by atoms with Gasteiger partial charge in [0.15, 0.2) is 11.6 Å². The van der Waals surface area contributed by atoms with Gasteiger partial charge in [-0.1, -0.05) is 63.4 Å². The minimum absolute atomic E-state index is 0.125. The van der Waals surface area contributed by atoms with Crippen LogP contribution < -0.4 is 0 Å². The van der Waals surface area contributed by atoms with Crippen LogP contribution in [0.25, 0.3) is 0 Å². The first kappa shape index (κ1) is 28.1. The highest BCUT2D eigenvalue weighted by molar-refractivity contribution is 5.32. The van der Waals surface area contributed by atoms with E-state index >= 15 is 8.78 Å². The zero-order chi connectivity index (χ0) is 26.6. The molecule has 2 aliphatic rings. The Labute approximate surface area is 220 Å².